The van der Waals surface area contributed by atoms with E-state index >= 15 is 0 Å². The van der Waals surface area contributed by atoms with Crippen molar-refractivity contribution in [2.24, 2.45) is 0 Å². The van der Waals surface area contributed by atoms with Gasteiger partial charge in [0.1, 0.15) is 6.33 Å². The van der Waals surface area contributed by atoms with Crippen molar-refractivity contribution in [1.29, 1.82) is 0 Å². The number of rotatable bonds is 3. The molecule has 0 saturated carbocycles. The Kier molecular flexibility index (Phi) is 3.22. The Hall–Kier alpha value is -0.680. The van der Waals surface area contributed by atoms with Gasteiger partial charge in [0.2, 0.25) is 0 Å². The average molecular weight is 221 g/mol. The minimum absolute atomic E-state index is 0.0238. The second-order valence-electron chi connectivity index (χ2n) is 2.56. The predicted octanol–water partition coefficient (Wildman–Crippen LogP) is 0.878. The third kappa shape index (κ3) is 2.16. The van der Waals surface area contributed by atoms with Crippen LogP contribution in [-0.2, 0) is 9.84 Å². The number of nitrogens with zero attached hydrogens (tertiary/aromatic N) is 2. The van der Waals surface area contributed by atoms with Gasteiger partial charge in [-0.3, -0.25) is 0 Å². The van der Waals surface area contributed by atoms with Gasteiger partial charge in [0.25, 0.3) is 0 Å². The van der Waals surface area contributed by atoms with E-state index in [2.05, 4.69) is 9.97 Å². The lowest BCUT2D eigenvalue weighted by Gasteiger charge is -2.07. The average Bonchev–Trinajstić information content (AvgIpc) is 2.18. The van der Waals surface area contributed by atoms with E-state index in [1.165, 1.54) is 18.6 Å². The molecule has 0 saturated heterocycles. The molecule has 0 amide bonds. The summed E-state index contributed by atoms with van der Waals surface area (Å²) in [7, 11) is -3.37. The molecule has 1 unspecified atom stereocenters. The molecule has 6 heteroatoms. The molecule has 1 aromatic rings. The van der Waals surface area contributed by atoms with Crippen LogP contribution in [0.1, 0.15) is 6.92 Å². The fourth-order valence-corrected chi connectivity index (χ4v) is 2.26. The van der Waals surface area contributed by atoms with Gasteiger partial charge in [-0.05, 0) is 13.0 Å². The number of alkyl halides is 1. The molecule has 1 atom stereocenters. The Bertz CT molecular complexity index is 365. The lowest BCUT2D eigenvalue weighted by Crippen LogP contribution is -2.20. The van der Waals surface area contributed by atoms with Gasteiger partial charge in [0, 0.05) is 12.1 Å². The zero-order chi connectivity index (χ0) is 9.90. The van der Waals surface area contributed by atoms with E-state index in [1.54, 1.807) is 6.92 Å². The molecule has 0 aliphatic carbocycles. The second kappa shape index (κ2) is 4.02. The Morgan fingerprint density at radius 2 is 2.31 bits per heavy atom. The lowest BCUT2D eigenvalue weighted by molar-refractivity contribution is 0.583. The quantitative estimate of drug-likeness (QED) is 0.561. The molecular formula is C7H9ClN2O2S. The monoisotopic (exact) mass is 220 g/mol. The lowest BCUT2D eigenvalue weighted by atomic mass is 10.6. The first-order valence-electron chi connectivity index (χ1n) is 3.65. The van der Waals surface area contributed by atoms with E-state index in [0.717, 1.165) is 0 Å². The maximum Gasteiger partial charge on any atom is 0.199 e. The summed E-state index contributed by atoms with van der Waals surface area (Å²) in [5, 5.41) is -0.597. The highest BCUT2D eigenvalue weighted by molar-refractivity contribution is 7.92. The number of hydrogen-bond donors (Lipinski definition) is 0. The van der Waals surface area contributed by atoms with Gasteiger partial charge < -0.3 is 0 Å². The van der Waals surface area contributed by atoms with Crippen LogP contribution in [0.15, 0.2) is 23.6 Å². The van der Waals surface area contributed by atoms with Gasteiger partial charge >= 0.3 is 0 Å². The highest BCUT2D eigenvalue weighted by Gasteiger charge is 2.23. The van der Waals surface area contributed by atoms with Crippen LogP contribution >= 0.6 is 11.6 Å². The van der Waals surface area contributed by atoms with Crippen molar-refractivity contribution in [3.63, 3.8) is 0 Å². The van der Waals surface area contributed by atoms with Crippen molar-refractivity contribution in [2.75, 3.05) is 5.88 Å². The van der Waals surface area contributed by atoms with Gasteiger partial charge in [0.15, 0.2) is 14.9 Å². The third-order valence-electron chi connectivity index (χ3n) is 1.59. The Morgan fingerprint density at radius 1 is 1.62 bits per heavy atom. The molecule has 0 bridgehead atoms. The van der Waals surface area contributed by atoms with E-state index in [4.69, 9.17) is 11.6 Å². The summed E-state index contributed by atoms with van der Waals surface area (Å²) in [6, 6.07) is 1.36. The molecule has 0 spiro atoms. The molecule has 1 aromatic heterocycles. The summed E-state index contributed by atoms with van der Waals surface area (Å²) in [5.41, 5.74) is 0. The fourth-order valence-electron chi connectivity index (χ4n) is 0.736. The van der Waals surface area contributed by atoms with E-state index < -0.39 is 15.1 Å². The normalized spacial score (nSPS) is 14.0. The molecule has 0 radical (unpaired) electrons. The third-order valence-corrected chi connectivity index (χ3v) is 4.29. The van der Waals surface area contributed by atoms with Crippen LogP contribution in [0.4, 0.5) is 0 Å². The molecule has 0 aliphatic heterocycles. The van der Waals surface area contributed by atoms with E-state index in [1.807, 2.05) is 0 Å². The van der Waals surface area contributed by atoms with Crippen LogP contribution in [0.2, 0.25) is 0 Å². The summed E-state index contributed by atoms with van der Waals surface area (Å²) in [6.07, 6.45) is 2.59. The molecule has 1 heterocycles. The van der Waals surface area contributed by atoms with Gasteiger partial charge in [-0.2, -0.15) is 0 Å². The zero-order valence-electron chi connectivity index (χ0n) is 7.01. The molecule has 4 nitrogen and oxygen atoms in total. The maximum atomic E-state index is 11.6. The van der Waals surface area contributed by atoms with Gasteiger partial charge in [-0.1, -0.05) is 0 Å². The van der Waals surface area contributed by atoms with E-state index in [0.29, 0.717) is 0 Å². The molecular weight excluding hydrogens is 212 g/mol. The van der Waals surface area contributed by atoms with Crippen LogP contribution in [0.3, 0.4) is 0 Å². The first kappa shape index (κ1) is 10.4. The SMILES string of the molecule is CC(CCl)S(=O)(=O)c1ccncn1. The first-order valence-corrected chi connectivity index (χ1v) is 5.73. The predicted molar refractivity (Wildman–Crippen MR) is 49.4 cm³/mol. The Labute approximate surface area is 81.9 Å². The van der Waals surface area contributed by atoms with Crippen LogP contribution in [0.25, 0.3) is 0 Å². The largest absolute Gasteiger partial charge is 0.245 e. The van der Waals surface area contributed by atoms with E-state index in [9.17, 15) is 8.42 Å². The van der Waals surface area contributed by atoms with Gasteiger partial charge in [-0.15, -0.1) is 11.6 Å². The minimum atomic E-state index is -3.37. The van der Waals surface area contributed by atoms with Crippen molar-refractivity contribution in [1.82, 2.24) is 9.97 Å². The van der Waals surface area contributed by atoms with Crippen molar-refractivity contribution in [3.05, 3.63) is 18.6 Å². The van der Waals surface area contributed by atoms with Crippen LogP contribution in [0.5, 0.6) is 0 Å². The number of halogens is 1. The standard InChI is InChI=1S/C7H9ClN2O2S/c1-6(4-8)13(11,12)7-2-3-9-5-10-7/h2-3,5-6H,4H2,1H3. The molecule has 13 heavy (non-hydrogen) atoms. The number of sulfone groups is 1. The Morgan fingerprint density at radius 3 is 2.77 bits per heavy atom. The van der Waals surface area contributed by atoms with Crippen molar-refractivity contribution < 1.29 is 8.42 Å². The van der Waals surface area contributed by atoms with Crippen LogP contribution < -0.4 is 0 Å². The van der Waals surface area contributed by atoms with Crippen LogP contribution in [-0.4, -0.2) is 29.5 Å². The van der Waals surface area contributed by atoms with Crippen molar-refractivity contribution in [3.8, 4) is 0 Å². The summed E-state index contributed by atoms with van der Waals surface area (Å²) < 4.78 is 23.2. The van der Waals surface area contributed by atoms with E-state index in [-0.39, 0.29) is 10.9 Å². The summed E-state index contributed by atoms with van der Waals surface area (Å²) in [5.74, 6) is 0.0618. The topological polar surface area (TPSA) is 59.9 Å². The van der Waals surface area contributed by atoms with Gasteiger partial charge in [0.05, 0.1) is 5.25 Å². The zero-order valence-corrected chi connectivity index (χ0v) is 8.59. The van der Waals surface area contributed by atoms with Crippen molar-refractivity contribution >= 4 is 21.4 Å². The Balaban J connectivity index is 3.09. The minimum Gasteiger partial charge on any atom is -0.245 e. The highest BCUT2D eigenvalue weighted by Crippen LogP contribution is 2.12. The van der Waals surface area contributed by atoms with Crippen LogP contribution in [0, 0.1) is 0 Å². The summed E-state index contributed by atoms with van der Waals surface area (Å²) >= 11 is 5.46. The highest BCUT2D eigenvalue weighted by atomic mass is 35.5. The number of aromatic nitrogens is 2. The molecule has 0 fully saturated rings. The summed E-state index contributed by atoms with van der Waals surface area (Å²) in [6.45, 7) is 1.55. The van der Waals surface area contributed by atoms with Crippen molar-refractivity contribution in [2.45, 2.75) is 17.2 Å². The molecule has 0 aromatic carbocycles. The molecule has 0 aliphatic rings. The second-order valence-corrected chi connectivity index (χ2v) is 5.18. The van der Waals surface area contributed by atoms with Gasteiger partial charge in [-0.25, -0.2) is 18.4 Å². The smallest absolute Gasteiger partial charge is 0.199 e. The fraction of sp³-hybridized carbons (Fsp3) is 0.429. The molecule has 0 N–H and O–H groups in total. The maximum absolute atomic E-state index is 11.6. The first-order chi connectivity index (χ1) is 6.09. The summed E-state index contributed by atoms with van der Waals surface area (Å²) in [4.78, 5) is 7.30. The molecule has 1 rings (SSSR count). The molecule has 72 valence electrons. The number of hydrogen-bond acceptors (Lipinski definition) is 4.